The Labute approximate surface area is 357 Å². The monoisotopic (exact) mass is 848 g/mol. The minimum absolute atomic E-state index is 0.0458. The molecule has 3 N–H and O–H groups in total. The highest BCUT2D eigenvalue weighted by Crippen LogP contribution is 2.49. The topological polar surface area (TPSA) is 194 Å². The van der Waals surface area contributed by atoms with E-state index in [1.165, 1.54) is 0 Å². The Balaban J connectivity index is 1.31. The largest absolute Gasteiger partial charge is 0.465 e. The molecule has 3 rings (SSSR count). The van der Waals surface area contributed by atoms with Crippen molar-refractivity contribution in [1.82, 2.24) is 16.0 Å². The van der Waals surface area contributed by atoms with Crippen LogP contribution in [0.3, 0.4) is 0 Å². The number of amides is 3. The summed E-state index contributed by atoms with van der Waals surface area (Å²) in [5.74, 6) is -0.776. The Morgan fingerprint density at radius 3 is 1.43 bits per heavy atom. The highest BCUT2D eigenvalue weighted by atomic mass is 16.6. The van der Waals surface area contributed by atoms with Crippen molar-refractivity contribution in [3.8, 4) is 0 Å². The van der Waals surface area contributed by atoms with Crippen LogP contribution < -0.4 is 16.0 Å². The summed E-state index contributed by atoms with van der Waals surface area (Å²) in [4.78, 5) is 73.7. The molecule has 0 aromatic rings. The minimum atomic E-state index is -0.578. The van der Waals surface area contributed by atoms with E-state index in [0.29, 0.717) is 45.4 Å². The lowest BCUT2D eigenvalue weighted by Gasteiger charge is -2.46. The third kappa shape index (κ3) is 18.5. The molecule has 0 aliphatic heterocycles. The summed E-state index contributed by atoms with van der Waals surface area (Å²) in [5, 5.41) is 8.86. The van der Waals surface area contributed by atoms with Crippen molar-refractivity contribution in [3.05, 3.63) is 24.3 Å². The second kappa shape index (κ2) is 22.5. The quantitative estimate of drug-likeness (QED) is 0.0497. The Bertz CT molecular complexity index is 1420. The molecule has 3 amide bonds. The van der Waals surface area contributed by atoms with Crippen molar-refractivity contribution < 1.29 is 57.2 Å². The molecule has 0 bridgehead atoms. The van der Waals surface area contributed by atoms with Gasteiger partial charge in [-0.2, -0.15) is 0 Å². The van der Waals surface area contributed by atoms with Gasteiger partial charge < -0.3 is 44.4 Å². The van der Waals surface area contributed by atoms with Crippen LogP contribution in [0.25, 0.3) is 0 Å². The SMILES string of the molecule is C=C(C)C(=O)OCCOC(=O)NC1CC(C)(C)CC(C)(CCC(=O)OCC2CCC(COC(=O)NCC3(C)CC(NC(=O)OCCOC(=O)C(=C)C)CC(C)(C)C3)CC2)C1. The minimum Gasteiger partial charge on any atom is -0.465 e. The number of nitrogens with one attached hydrogen (secondary N) is 3. The number of ether oxygens (including phenoxy) is 6. The van der Waals surface area contributed by atoms with Gasteiger partial charge in [0.1, 0.15) is 26.4 Å². The van der Waals surface area contributed by atoms with Crippen molar-refractivity contribution in [2.24, 2.45) is 33.5 Å². The zero-order valence-corrected chi connectivity index (χ0v) is 37.6. The molecule has 3 aliphatic carbocycles. The van der Waals surface area contributed by atoms with Gasteiger partial charge in [-0.05, 0) is 118 Å². The smallest absolute Gasteiger partial charge is 0.407 e. The van der Waals surface area contributed by atoms with Crippen molar-refractivity contribution in [3.63, 3.8) is 0 Å². The Morgan fingerprint density at radius 1 is 0.550 bits per heavy atom. The molecule has 3 aliphatic rings. The van der Waals surface area contributed by atoms with Crippen molar-refractivity contribution >= 4 is 36.2 Å². The maximum atomic E-state index is 12.9. The van der Waals surface area contributed by atoms with E-state index in [0.717, 1.165) is 51.4 Å². The molecule has 3 saturated carbocycles. The van der Waals surface area contributed by atoms with Crippen LogP contribution in [-0.4, -0.2) is 94.5 Å². The lowest BCUT2D eigenvalue weighted by Crippen LogP contribution is -2.50. The van der Waals surface area contributed by atoms with Crippen molar-refractivity contribution in [1.29, 1.82) is 0 Å². The lowest BCUT2D eigenvalue weighted by atomic mass is 9.61. The third-order valence-electron chi connectivity index (χ3n) is 11.8. The first-order valence-electron chi connectivity index (χ1n) is 21.5. The number of hydrogen-bond donors (Lipinski definition) is 3. The normalized spacial score (nSPS) is 26.9. The van der Waals surface area contributed by atoms with E-state index in [1.54, 1.807) is 13.8 Å². The molecule has 0 aromatic carbocycles. The number of hydrogen-bond acceptors (Lipinski definition) is 12. The molecule has 3 fully saturated rings. The molecule has 4 atom stereocenters. The fourth-order valence-electron chi connectivity index (χ4n) is 9.78. The first kappa shape index (κ1) is 50.1. The summed E-state index contributed by atoms with van der Waals surface area (Å²) >= 11 is 0. The van der Waals surface area contributed by atoms with Gasteiger partial charge in [0.15, 0.2) is 0 Å². The van der Waals surface area contributed by atoms with Gasteiger partial charge in [0, 0.05) is 36.2 Å². The van der Waals surface area contributed by atoms with Gasteiger partial charge in [0.25, 0.3) is 0 Å². The van der Waals surface area contributed by atoms with Crippen LogP contribution in [0.5, 0.6) is 0 Å². The first-order chi connectivity index (χ1) is 28.0. The van der Waals surface area contributed by atoms with Crippen LogP contribution in [0.1, 0.15) is 132 Å². The number of esters is 3. The number of carbonyl (C=O) groups is 6. The third-order valence-corrected chi connectivity index (χ3v) is 11.8. The first-order valence-corrected chi connectivity index (χ1v) is 21.5. The molecule has 340 valence electrons. The predicted octanol–water partition coefficient (Wildman–Crippen LogP) is 7.70. The summed E-state index contributed by atoms with van der Waals surface area (Å²) in [6.07, 6.45) is 7.55. The zero-order chi connectivity index (χ0) is 44.7. The Hall–Kier alpha value is -4.30. The molecule has 4 unspecified atom stereocenters. The van der Waals surface area contributed by atoms with E-state index in [2.05, 4.69) is 70.7 Å². The average molecular weight is 848 g/mol. The standard InChI is InChI=1S/C45H73N3O12/c1-30(2)37(50)55-17-19-57-40(53)47-34-21-42(5,6)27-44(9,23-34)16-15-36(49)59-25-32-11-13-33(14-12-32)26-60-39(52)46-29-45(10)24-35(22-43(7,8)28-45)48-41(54)58-20-18-56-38(51)31(3)4/h32-35H,1,3,11-29H2,2,4-10H3,(H,46,52)(H,47,53)(H,48,54). The number of alkyl carbamates (subject to hydrolysis) is 3. The Morgan fingerprint density at radius 2 is 0.967 bits per heavy atom. The maximum absolute atomic E-state index is 12.9. The van der Waals surface area contributed by atoms with E-state index in [-0.39, 0.29) is 89.1 Å². The highest BCUT2D eigenvalue weighted by molar-refractivity contribution is 5.87. The average Bonchev–Trinajstić information content (AvgIpc) is 3.13. The highest BCUT2D eigenvalue weighted by Gasteiger charge is 2.43. The van der Waals surface area contributed by atoms with Crippen molar-refractivity contribution in [2.75, 3.05) is 46.2 Å². The van der Waals surface area contributed by atoms with E-state index in [1.807, 2.05) is 0 Å². The van der Waals surface area contributed by atoms with Crippen molar-refractivity contribution in [2.45, 2.75) is 145 Å². The fraction of sp³-hybridized carbons (Fsp3) is 0.778. The molecular weight excluding hydrogens is 775 g/mol. The summed E-state index contributed by atoms with van der Waals surface area (Å²) in [7, 11) is 0. The maximum Gasteiger partial charge on any atom is 0.407 e. The predicted molar refractivity (Wildman–Crippen MR) is 225 cm³/mol. The molecule has 0 radical (unpaired) electrons. The molecular formula is C45H73N3O12. The second-order valence-corrected chi connectivity index (χ2v) is 19.9. The van der Waals surface area contributed by atoms with Crippen LogP contribution in [0, 0.1) is 33.5 Å². The van der Waals surface area contributed by atoms with Crippen LogP contribution in [0.2, 0.25) is 0 Å². The molecule has 15 nitrogen and oxygen atoms in total. The molecule has 15 heteroatoms. The summed E-state index contributed by atoms with van der Waals surface area (Å²) in [6, 6.07) is -0.271. The van der Waals surface area contributed by atoms with E-state index >= 15 is 0 Å². The van der Waals surface area contributed by atoms with Gasteiger partial charge in [0.05, 0.1) is 13.2 Å². The van der Waals surface area contributed by atoms with E-state index in [9.17, 15) is 28.8 Å². The van der Waals surface area contributed by atoms with Gasteiger partial charge in [-0.25, -0.2) is 24.0 Å². The molecule has 0 saturated heterocycles. The van der Waals surface area contributed by atoms with Crippen LogP contribution in [0.15, 0.2) is 24.3 Å². The van der Waals surface area contributed by atoms with Gasteiger partial charge in [-0.3, -0.25) is 4.79 Å². The van der Waals surface area contributed by atoms with Gasteiger partial charge in [-0.15, -0.1) is 0 Å². The van der Waals surface area contributed by atoms with E-state index in [4.69, 9.17) is 28.4 Å². The summed E-state index contributed by atoms with van der Waals surface area (Å²) in [5.41, 5.74) is -0.0334. The summed E-state index contributed by atoms with van der Waals surface area (Å²) < 4.78 is 31.8. The zero-order valence-electron chi connectivity index (χ0n) is 37.6. The molecule has 0 heterocycles. The molecule has 0 aromatic heterocycles. The van der Waals surface area contributed by atoms with Crippen LogP contribution >= 0.6 is 0 Å². The molecule has 60 heavy (non-hydrogen) atoms. The fourth-order valence-corrected chi connectivity index (χ4v) is 9.78. The second-order valence-electron chi connectivity index (χ2n) is 19.9. The number of carbonyl (C=O) groups excluding carboxylic acids is 6. The van der Waals surface area contributed by atoms with E-state index < -0.39 is 30.2 Å². The van der Waals surface area contributed by atoms with Gasteiger partial charge >= 0.3 is 36.2 Å². The molecule has 0 spiro atoms. The van der Waals surface area contributed by atoms with Gasteiger partial charge in [-0.1, -0.05) is 54.7 Å². The van der Waals surface area contributed by atoms with Crippen LogP contribution in [-0.2, 0) is 42.8 Å². The summed E-state index contributed by atoms with van der Waals surface area (Å²) in [6.45, 7) is 23.9. The number of rotatable bonds is 19. The lowest BCUT2D eigenvalue weighted by molar-refractivity contribution is -0.146. The van der Waals surface area contributed by atoms with Gasteiger partial charge in [0.2, 0.25) is 0 Å². The van der Waals surface area contributed by atoms with Crippen LogP contribution in [0.4, 0.5) is 14.4 Å². The Kier molecular flexibility index (Phi) is 18.8.